The second kappa shape index (κ2) is 5.28. The van der Waals surface area contributed by atoms with E-state index in [1.807, 2.05) is 0 Å². The lowest BCUT2D eigenvalue weighted by molar-refractivity contribution is 0.814. The van der Waals surface area contributed by atoms with E-state index in [4.69, 9.17) is 0 Å². The molecule has 3 rings (SSSR count). The third-order valence-corrected chi connectivity index (χ3v) is 4.28. The van der Waals surface area contributed by atoms with Crippen LogP contribution in [0.5, 0.6) is 0 Å². The number of hydrogen-bond acceptors (Lipinski definition) is 5. The minimum atomic E-state index is 0.840. The van der Waals surface area contributed by atoms with Crippen LogP contribution in [0.3, 0.4) is 0 Å². The van der Waals surface area contributed by atoms with Crippen molar-refractivity contribution in [1.82, 2.24) is 5.32 Å². The number of anilines is 3. The first-order chi connectivity index (χ1) is 9.29. The number of guanidine groups is 1. The molecule has 5 nitrogen and oxygen atoms in total. The molecule has 1 aromatic rings. The number of halogens is 1. The highest BCUT2D eigenvalue weighted by molar-refractivity contribution is 9.10. The fourth-order valence-electron chi connectivity index (χ4n) is 2.47. The summed E-state index contributed by atoms with van der Waals surface area (Å²) >= 11 is 3.70. The zero-order chi connectivity index (χ0) is 13.2. The summed E-state index contributed by atoms with van der Waals surface area (Å²) in [6, 6.07) is 4.26. The van der Waals surface area contributed by atoms with Gasteiger partial charge >= 0.3 is 0 Å². The maximum atomic E-state index is 4.36. The molecule has 102 valence electrons. The maximum absolute atomic E-state index is 4.36. The number of aliphatic imine (C=N–C) groups is 1. The molecule has 3 N–H and O–H groups in total. The van der Waals surface area contributed by atoms with Gasteiger partial charge in [-0.2, -0.15) is 0 Å². The highest BCUT2D eigenvalue weighted by Crippen LogP contribution is 2.40. The van der Waals surface area contributed by atoms with Crippen molar-refractivity contribution < 1.29 is 0 Å². The van der Waals surface area contributed by atoms with Crippen molar-refractivity contribution in [3.8, 4) is 0 Å². The molecule has 2 aliphatic rings. The first kappa shape index (κ1) is 12.6. The van der Waals surface area contributed by atoms with Crippen LogP contribution >= 0.6 is 15.9 Å². The van der Waals surface area contributed by atoms with E-state index in [1.54, 1.807) is 0 Å². The first-order valence-corrected chi connectivity index (χ1v) is 7.45. The van der Waals surface area contributed by atoms with Crippen LogP contribution in [0.25, 0.3) is 0 Å². The number of rotatable bonds is 2. The highest BCUT2D eigenvalue weighted by Gasteiger charge is 2.20. The van der Waals surface area contributed by atoms with Crippen molar-refractivity contribution in [2.75, 3.05) is 48.3 Å². The Labute approximate surface area is 121 Å². The normalized spacial score (nSPS) is 17.4. The summed E-state index contributed by atoms with van der Waals surface area (Å²) in [5.41, 5.74) is 3.46. The minimum Gasteiger partial charge on any atom is -0.381 e. The second-order valence-corrected chi connectivity index (χ2v) is 5.40. The molecule has 0 bridgehead atoms. The molecule has 0 atom stereocenters. The Hall–Kier alpha value is -1.43. The monoisotopic (exact) mass is 323 g/mol. The van der Waals surface area contributed by atoms with Gasteiger partial charge in [0, 0.05) is 26.2 Å². The van der Waals surface area contributed by atoms with E-state index >= 15 is 0 Å². The van der Waals surface area contributed by atoms with Crippen LogP contribution in [0.15, 0.2) is 21.6 Å². The van der Waals surface area contributed by atoms with Crippen LogP contribution in [0.1, 0.15) is 6.92 Å². The molecule has 0 radical (unpaired) electrons. The average molecular weight is 324 g/mol. The fraction of sp³-hybridized carbons (Fsp3) is 0.462. The quantitative estimate of drug-likeness (QED) is 0.780. The minimum absolute atomic E-state index is 0.840. The summed E-state index contributed by atoms with van der Waals surface area (Å²) in [5.74, 6) is 0.851. The predicted molar refractivity (Wildman–Crippen MR) is 84.4 cm³/mol. The van der Waals surface area contributed by atoms with E-state index in [9.17, 15) is 0 Å². The summed E-state index contributed by atoms with van der Waals surface area (Å²) in [5, 5.41) is 10.0. The Morgan fingerprint density at radius 3 is 3.00 bits per heavy atom. The van der Waals surface area contributed by atoms with Gasteiger partial charge in [0.2, 0.25) is 0 Å². The van der Waals surface area contributed by atoms with Gasteiger partial charge in [-0.3, -0.25) is 4.99 Å². The topological polar surface area (TPSA) is 51.7 Å². The third kappa shape index (κ3) is 2.36. The van der Waals surface area contributed by atoms with Gasteiger partial charge in [0.25, 0.3) is 0 Å². The van der Waals surface area contributed by atoms with Gasteiger partial charge in [-0.15, -0.1) is 0 Å². The number of hydrogen-bond donors (Lipinski definition) is 3. The first-order valence-electron chi connectivity index (χ1n) is 6.66. The molecule has 0 unspecified atom stereocenters. The smallest absolute Gasteiger partial charge is 0.195 e. The summed E-state index contributed by atoms with van der Waals surface area (Å²) < 4.78 is 1.07. The molecule has 0 fully saturated rings. The molecule has 19 heavy (non-hydrogen) atoms. The van der Waals surface area contributed by atoms with E-state index < -0.39 is 0 Å². The van der Waals surface area contributed by atoms with Gasteiger partial charge in [-0.25, -0.2) is 0 Å². The van der Waals surface area contributed by atoms with E-state index in [-0.39, 0.29) is 0 Å². The molecule has 0 saturated heterocycles. The van der Waals surface area contributed by atoms with Crippen LogP contribution in [0.4, 0.5) is 17.1 Å². The average Bonchev–Trinajstić information content (AvgIpc) is 2.94. The Kier molecular flexibility index (Phi) is 3.50. The molecule has 0 saturated carbocycles. The summed E-state index contributed by atoms with van der Waals surface area (Å²) in [7, 11) is 0. The van der Waals surface area contributed by atoms with Gasteiger partial charge in [0.15, 0.2) is 5.96 Å². The lowest BCUT2D eigenvalue weighted by Gasteiger charge is -2.32. The molecule has 2 aliphatic heterocycles. The molecule has 0 amide bonds. The van der Waals surface area contributed by atoms with Crippen LogP contribution in [0.2, 0.25) is 0 Å². The maximum Gasteiger partial charge on any atom is 0.195 e. The lowest BCUT2D eigenvalue weighted by Crippen LogP contribution is -2.34. The van der Waals surface area contributed by atoms with Crippen molar-refractivity contribution >= 4 is 39.0 Å². The Bertz CT molecular complexity index is 514. The largest absolute Gasteiger partial charge is 0.381 e. The number of fused-ring (bicyclic) bond motifs is 1. The van der Waals surface area contributed by atoms with Crippen molar-refractivity contribution in [3.05, 3.63) is 16.6 Å². The molecule has 0 aromatic heterocycles. The Morgan fingerprint density at radius 2 is 2.26 bits per heavy atom. The number of nitrogens with zero attached hydrogens (tertiary/aromatic N) is 2. The fourth-order valence-corrected chi connectivity index (χ4v) is 3.04. The van der Waals surface area contributed by atoms with Crippen molar-refractivity contribution in [2.24, 2.45) is 4.99 Å². The van der Waals surface area contributed by atoms with Crippen molar-refractivity contribution in [2.45, 2.75) is 6.92 Å². The van der Waals surface area contributed by atoms with Gasteiger partial charge in [-0.05, 0) is 35.0 Å². The number of nitrogens with one attached hydrogen (secondary N) is 3. The predicted octanol–water partition coefficient (Wildman–Crippen LogP) is 2.07. The van der Waals surface area contributed by atoms with Crippen molar-refractivity contribution in [1.29, 1.82) is 0 Å². The SMILES string of the molecule is CCN1CCNc2c1ccc(NC1=NCCN1)c2Br. The molecule has 0 spiro atoms. The van der Waals surface area contributed by atoms with E-state index in [0.29, 0.717) is 0 Å². The van der Waals surface area contributed by atoms with Gasteiger partial charge < -0.3 is 20.9 Å². The van der Waals surface area contributed by atoms with Crippen LogP contribution in [-0.4, -0.2) is 38.7 Å². The number of likely N-dealkylation sites (N-methyl/N-ethyl adjacent to an activating group) is 1. The molecule has 6 heteroatoms. The van der Waals surface area contributed by atoms with Crippen LogP contribution < -0.4 is 20.9 Å². The zero-order valence-corrected chi connectivity index (χ0v) is 12.5. The van der Waals surface area contributed by atoms with E-state index in [1.165, 1.54) is 5.69 Å². The second-order valence-electron chi connectivity index (χ2n) is 4.61. The number of benzene rings is 1. The Balaban J connectivity index is 1.91. The van der Waals surface area contributed by atoms with Gasteiger partial charge in [-0.1, -0.05) is 0 Å². The summed E-state index contributed by atoms with van der Waals surface area (Å²) in [4.78, 5) is 6.74. The molecular weight excluding hydrogens is 306 g/mol. The van der Waals surface area contributed by atoms with Crippen LogP contribution in [0, 0.1) is 0 Å². The highest BCUT2D eigenvalue weighted by atomic mass is 79.9. The third-order valence-electron chi connectivity index (χ3n) is 3.45. The van der Waals surface area contributed by atoms with E-state index in [0.717, 1.165) is 54.5 Å². The summed E-state index contributed by atoms with van der Waals surface area (Å²) in [6.45, 7) is 6.99. The van der Waals surface area contributed by atoms with Crippen LogP contribution in [-0.2, 0) is 0 Å². The van der Waals surface area contributed by atoms with Gasteiger partial charge in [0.05, 0.1) is 28.1 Å². The summed E-state index contributed by atoms with van der Waals surface area (Å²) in [6.07, 6.45) is 0. The molecular formula is C13H18BrN5. The molecule has 2 heterocycles. The van der Waals surface area contributed by atoms with E-state index in [2.05, 4.69) is 60.8 Å². The molecule has 1 aromatic carbocycles. The molecule has 0 aliphatic carbocycles. The standard InChI is InChI=1S/C13H18BrN5/c1-2-19-8-7-15-12-10(19)4-3-9(11(12)14)18-13-16-5-6-17-13/h3-4,15H,2,5-8H2,1H3,(H2,16,17,18). The van der Waals surface area contributed by atoms with Crippen molar-refractivity contribution in [3.63, 3.8) is 0 Å². The lowest BCUT2D eigenvalue weighted by atomic mass is 10.1. The van der Waals surface area contributed by atoms with Gasteiger partial charge in [0.1, 0.15) is 0 Å². The Morgan fingerprint density at radius 1 is 1.37 bits per heavy atom. The zero-order valence-electron chi connectivity index (χ0n) is 11.0.